The van der Waals surface area contributed by atoms with Crippen molar-refractivity contribution in [3.63, 3.8) is 0 Å². The van der Waals surface area contributed by atoms with Gasteiger partial charge in [0.05, 0.1) is 10.2 Å². The number of carbonyl (C=O) groups excluding carboxylic acids is 2. The highest BCUT2D eigenvalue weighted by Crippen LogP contribution is 2.43. The summed E-state index contributed by atoms with van der Waals surface area (Å²) in [6.45, 7) is 10.3. The highest BCUT2D eigenvalue weighted by molar-refractivity contribution is 9.10. The first-order valence-corrected chi connectivity index (χ1v) is 32.1. The van der Waals surface area contributed by atoms with Crippen LogP contribution in [0.4, 0.5) is 37.7 Å². The Labute approximate surface area is 524 Å². The lowest BCUT2D eigenvalue weighted by atomic mass is 9.68. The highest BCUT2D eigenvalue weighted by atomic mass is 79.9. The van der Waals surface area contributed by atoms with Gasteiger partial charge < -0.3 is 35.1 Å². The summed E-state index contributed by atoms with van der Waals surface area (Å²) in [5.74, 6) is 1.10. The van der Waals surface area contributed by atoms with Gasteiger partial charge in [-0.2, -0.15) is 9.97 Å². The molecule has 1 aliphatic carbocycles. The quantitative estimate of drug-likeness (QED) is 0.108. The largest absolute Gasteiger partial charge is 0.368 e. The van der Waals surface area contributed by atoms with Crippen LogP contribution in [0.2, 0.25) is 5.02 Å². The minimum absolute atomic E-state index is 0.0297. The number of nitrogens with zero attached hydrogens (tertiary/aromatic N) is 11. The summed E-state index contributed by atoms with van der Waals surface area (Å²) in [6, 6.07) is 38.8. The molecular weight excluding hydrogens is 1180 g/mol. The van der Waals surface area contributed by atoms with E-state index in [1.807, 2.05) is 127 Å². The molecule has 4 aromatic heterocycles. The number of carbonyl (C=O) groups is 2. The van der Waals surface area contributed by atoms with E-state index in [1.165, 1.54) is 44.1 Å². The van der Waals surface area contributed by atoms with Crippen molar-refractivity contribution in [2.24, 2.45) is 0 Å². The Balaban J connectivity index is 0.000000165. The first-order valence-electron chi connectivity index (χ1n) is 31.0. The van der Waals surface area contributed by atoms with E-state index in [0.717, 1.165) is 128 Å². The zero-order valence-electron chi connectivity index (χ0n) is 51.1. The maximum absolute atomic E-state index is 13.1. The van der Waals surface area contributed by atoms with Crippen LogP contribution in [0, 0.1) is 0 Å². The first kappa shape index (κ1) is 63.0. The van der Waals surface area contributed by atoms with Crippen molar-refractivity contribution in [1.82, 2.24) is 48.8 Å². The minimum atomic E-state index is -2.45. The molecule has 0 bridgehead atoms. The Kier molecular flexibility index (Phi) is 20.6. The third kappa shape index (κ3) is 15.0. The van der Waals surface area contributed by atoms with Gasteiger partial charge in [-0.15, -0.1) is 10.2 Å². The summed E-state index contributed by atoms with van der Waals surface area (Å²) in [5, 5.41) is 16.4. The van der Waals surface area contributed by atoms with Crippen LogP contribution in [-0.4, -0.2) is 140 Å². The lowest BCUT2D eigenvalue weighted by Crippen LogP contribution is -2.44. The van der Waals surface area contributed by atoms with Crippen molar-refractivity contribution in [2.75, 3.05) is 83.0 Å². The second kappa shape index (κ2) is 28.4. The zero-order valence-corrected chi connectivity index (χ0v) is 53.5. The predicted molar refractivity (Wildman–Crippen MR) is 350 cm³/mol. The third-order valence-corrected chi connectivity index (χ3v) is 19.9. The number of aromatic nitrogens is 6. The normalized spacial score (nSPS) is 17.5. The van der Waals surface area contributed by atoms with E-state index in [4.69, 9.17) is 16.6 Å². The monoisotopic (exact) mass is 1270 g/mol. The molecule has 4 aromatic carbocycles. The van der Waals surface area contributed by atoms with Crippen LogP contribution in [0.5, 0.6) is 0 Å². The number of rotatable bonds is 14. The second-order valence-corrected chi connectivity index (χ2v) is 25.5. The molecule has 3 saturated heterocycles. The molecule has 0 radical (unpaired) electrons. The fraction of sp³-hybridized carbons (Fsp3) is 0.441. The van der Waals surface area contributed by atoms with Gasteiger partial charge in [-0.05, 0) is 227 Å². The fourth-order valence-electron chi connectivity index (χ4n) is 13.2. The van der Waals surface area contributed by atoms with Gasteiger partial charge in [0.1, 0.15) is 0 Å². The van der Waals surface area contributed by atoms with Crippen molar-refractivity contribution in [3.05, 3.63) is 171 Å². The molecule has 0 atom stereocenters. The molecular formula is C68H83BrClF2N13O2. The van der Waals surface area contributed by atoms with Gasteiger partial charge >= 0.3 is 0 Å². The number of amides is 2. The summed E-state index contributed by atoms with van der Waals surface area (Å²) < 4.78 is 30.6. The van der Waals surface area contributed by atoms with Crippen LogP contribution in [-0.2, 0) is 10.8 Å². The third-order valence-electron chi connectivity index (χ3n) is 19.0. The molecule has 1 saturated carbocycles. The SMILES string of the molecule is CCC1(c2ccc(C(F)F)cc2)CCN(c2cccn3nc(Nc4ccc(C(=O)N(C)C5CCN(C)CC5)cc4)nc23)CC1.CCC1(c2ccc(Cl)cc2)CCCCC1.CN1CCC(N(C)C(=O)c2ccc(Nc3nc4c(Br)cccn4n3)cc2)CC1. The first-order chi connectivity index (χ1) is 42.0. The Morgan fingerprint density at radius 3 is 1.49 bits per heavy atom. The van der Waals surface area contributed by atoms with E-state index >= 15 is 0 Å². The molecule has 12 rings (SSSR count). The van der Waals surface area contributed by atoms with Crippen LogP contribution < -0.4 is 15.5 Å². The summed E-state index contributed by atoms with van der Waals surface area (Å²) in [6.07, 6.45) is 16.3. The van der Waals surface area contributed by atoms with Crippen molar-refractivity contribution in [1.29, 1.82) is 0 Å². The summed E-state index contributed by atoms with van der Waals surface area (Å²) in [7, 11) is 8.06. The standard InChI is InChI=1S/C34H41F2N7O.C20H23BrN6O.C14H19Cl/c1-4-34(26-11-7-24(8-12-26)30(35)36)17-22-42(23-18-34)29-6-5-19-43-31(29)38-33(39-43)37-27-13-9-25(10-14-27)32(44)41(3)28-15-20-40(2)21-16-28;1-25-12-9-16(10-13-25)26(2)19(28)14-5-7-15(8-6-14)22-20-23-18-17(21)4-3-11-27(18)24-20;1-2-14(10-4-3-5-11-14)12-6-8-13(15)9-7-12/h5-14,19,28,30H,4,15-18,20-23H2,1-3H3,(H,37,39);3-8,11,16H,9-10,12-13H2,1-2H3,(H,22,24);6-9H,2-5,10-11H2,1H3. The Hall–Kier alpha value is -6.99. The van der Waals surface area contributed by atoms with E-state index in [0.29, 0.717) is 34.5 Å². The van der Waals surface area contributed by atoms with Crippen molar-refractivity contribution in [2.45, 2.75) is 127 Å². The number of nitrogens with one attached hydrogen (secondary N) is 2. The molecule has 15 nitrogen and oxygen atoms in total. The molecule has 7 heterocycles. The molecule has 4 aliphatic rings. The zero-order chi connectivity index (χ0) is 61.2. The lowest BCUT2D eigenvalue weighted by molar-refractivity contribution is 0.0652. The molecule has 3 aliphatic heterocycles. The number of benzene rings is 4. The molecule has 2 amide bonds. The van der Waals surface area contributed by atoms with Crippen molar-refractivity contribution >= 4 is 79.6 Å². The highest BCUT2D eigenvalue weighted by Gasteiger charge is 2.36. The van der Waals surface area contributed by atoms with Crippen LogP contribution >= 0.6 is 27.5 Å². The number of piperidine rings is 3. The molecule has 19 heteroatoms. The van der Waals surface area contributed by atoms with Crippen molar-refractivity contribution in [3.8, 4) is 0 Å². The van der Waals surface area contributed by atoms with E-state index in [9.17, 15) is 18.4 Å². The van der Waals surface area contributed by atoms with Gasteiger partial charge in [-0.25, -0.2) is 17.8 Å². The van der Waals surface area contributed by atoms with Gasteiger partial charge in [-0.3, -0.25) is 9.59 Å². The number of likely N-dealkylation sites (tertiary alicyclic amines) is 2. The number of anilines is 5. The number of hydrogen-bond donors (Lipinski definition) is 2. The number of fused-ring (bicyclic) bond motifs is 2. The summed E-state index contributed by atoms with van der Waals surface area (Å²) in [4.78, 5) is 45.9. The van der Waals surface area contributed by atoms with Gasteiger partial charge in [0, 0.05) is 84.7 Å². The van der Waals surface area contributed by atoms with Gasteiger partial charge in [0.25, 0.3) is 18.2 Å². The maximum atomic E-state index is 13.1. The minimum Gasteiger partial charge on any atom is -0.368 e. The van der Waals surface area contributed by atoms with Gasteiger partial charge in [-0.1, -0.05) is 81.1 Å². The molecule has 8 aromatic rings. The van der Waals surface area contributed by atoms with Crippen LogP contribution in [0.15, 0.2) is 138 Å². The Bertz CT molecular complexity index is 3540. The van der Waals surface area contributed by atoms with Crippen LogP contribution in [0.1, 0.15) is 141 Å². The summed E-state index contributed by atoms with van der Waals surface area (Å²) >= 11 is 9.41. The molecule has 0 unspecified atom stereocenters. The second-order valence-electron chi connectivity index (χ2n) is 24.2. The van der Waals surface area contributed by atoms with Gasteiger partial charge in [0.15, 0.2) is 11.3 Å². The molecule has 0 spiro atoms. The Morgan fingerprint density at radius 1 is 0.598 bits per heavy atom. The molecule has 4 fully saturated rings. The number of halogens is 4. The van der Waals surface area contributed by atoms with E-state index < -0.39 is 6.43 Å². The number of alkyl halides is 2. The van der Waals surface area contributed by atoms with Crippen LogP contribution in [0.3, 0.4) is 0 Å². The molecule has 87 heavy (non-hydrogen) atoms. The topological polar surface area (TPSA) is 135 Å². The number of hydrogen-bond acceptors (Lipinski definition) is 11. The predicted octanol–water partition coefficient (Wildman–Crippen LogP) is 14.9. The number of pyridine rings is 2. The summed E-state index contributed by atoms with van der Waals surface area (Å²) in [5.41, 5.74) is 8.66. The van der Waals surface area contributed by atoms with E-state index in [-0.39, 0.29) is 28.8 Å². The van der Waals surface area contributed by atoms with Crippen molar-refractivity contribution < 1.29 is 18.4 Å². The lowest BCUT2D eigenvalue weighted by Gasteiger charge is -2.42. The average Bonchev–Trinajstić information content (AvgIpc) is 2.35. The van der Waals surface area contributed by atoms with Crippen LogP contribution in [0.25, 0.3) is 11.3 Å². The Morgan fingerprint density at radius 2 is 1.03 bits per heavy atom. The molecule has 460 valence electrons. The average molecular weight is 1270 g/mol. The van der Waals surface area contributed by atoms with E-state index in [1.54, 1.807) is 21.2 Å². The molecule has 2 N–H and O–H groups in total. The van der Waals surface area contributed by atoms with E-state index in [2.05, 4.69) is 103 Å². The smallest absolute Gasteiger partial charge is 0.263 e. The fourth-order valence-corrected chi connectivity index (χ4v) is 13.7. The van der Waals surface area contributed by atoms with Gasteiger partial charge in [0.2, 0.25) is 11.9 Å². The maximum Gasteiger partial charge on any atom is 0.263 e.